The fourth-order valence-corrected chi connectivity index (χ4v) is 1.46. The molecule has 0 saturated heterocycles. The normalized spacial score (nSPS) is 11.1. The number of rotatable bonds is 3. The van der Waals surface area contributed by atoms with E-state index in [1.54, 1.807) is 18.2 Å². The van der Waals surface area contributed by atoms with Gasteiger partial charge in [0.05, 0.1) is 0 Å². The molecule has 0 spiro atoms. The van der Waals surface area contributed by atoms with Crippen LogP contribution in [0.4, 0.5) is 0 Å². The van der Waals surface area contributed by atoms with Crippen molar-refractivity contribution in [1.29, 1.82) is 0 Å². The number of carbonyl (C=O) groups excluding carboxylic acids is 2. The first-order valence-corrected chi connectivity index (χ1v) is 5.74. The van der Waals surface area contributed by atoms with Crippen molar-refractivity contribution in [3.05, 3.63) is 34.3 Å². The van der Waals surface area contributed by atoms with Gasteiger partial charge in [-0.1, -0.05) is 38.4 Å². The minimum Gasteiger partial charge on any atom is -0.352 e. The van der Waals surface area contributed by atoms with Crippen LogP contribution in [0.15, 0.2) is 18.2 Å². The third-order valence-electron chi connectivity index (χ3n) is 2.36. The van der Waals surface area contributed by atoms with Crippen molar-refractivity contribution >= 4 is 23.8 Å². The van der Waals surface area contributed by atoms with Gasteiger partial charge in [-0.25, -0.2) is 0 Å². The monoisotopic (exact) mass is 253 g/mol. The van der Waals surface area contributed by atoms with E-state index >= 15 is 0 Å². The van der Waals surface area contributed by atoms with Crippen LogP contribution < -0.4 is 5.32 Å². The van der Waals surface area contributed by atoms with Crippen LogP contribution in [0.2, 0.25) is 5.02 Å². The van der Waals surface area contributed by atoms with Gasteiger partial charge in [-0.15, -0.1) is 0 Å². The van der Waals surface area contributed by atoms with Crippen molar-refractivity contribution in [2.75, 3.05) is 0 Å². The topological polar surface area (TPSA) is 46.2 Å². The number of nitrogens with one attached hydrogen (secondary N) is 1. The van der Waals surface area contributed by atoms with Gasteiger partial charge < -0.3 is 5.32 Å². The smallest absolute Gasteiger partial charge is 0.225 e. The average Bonchev–Trinajstić information content (AvgIpc) is 2.25. The van der Waals surface area contributed by atoms with Crippen LogP contribution in [0.25, 0.3) is 0 Å². The van der Waals surface area contributed by atoms with E-state index in [0.717, 1.165) is 11.8 Å². The summed E-state index contributed by atoms with van der Waals surface area (Å²) in [5.74, 6) is -0.0516. The lowest BCUT2D eigenvalue weighted by Crippen LogP contribution is -2.34. The second kappa shape index (κ2) is 5.32. The predicted molar refractivity (Wildman–Crippen MR) is 68.1 cm³/mol. The van der Waals surface area contributed by atoms with Gasteiger partial charge in [-0.2, -0.15) is 0 Å². The summed E-state index contributed by atoms with van der Waals surface area (Å²) >= 11 is 5.78. The molecule has 1 aromatic rings. The van der Waals surface area contributed by atoms with Gasteiger partial charge >= 0.3 is 0 Å². The van der Waals surface area contributed by atoms with Crippen LogP contribution in [-0.2, 0) is 11.3 Å². The summed E-state index contributed by atoms with van der Waals surface area (Å²) < 4.78 is 0. The average molecular weight is 254 g/mol. The zero-order valence-electron chi connectivity index (χ0n) is 10.2. The largest absolute Gasteiger partial charge is 0.352 e. The first-order valence-electron chi connectivity index (χ1n) is 5.36. The standard InChI is InChI=1S/C13H16ClNO2/c1-13(2,3)12(17)15-7-9-4-5-11(14)6-10(9)8-16/h4-6,8H,7H2,1-3H3,(H,15,17). The van der Waals surface area contributed by atoms with Crippen molar-refractivity contribution < 1.29 is 9.59 Å². The maximum absolute atomic E-state index is 11.7. The molecule has 1 rings (SSSR count). The number of hydrogen-bond acceptors (Lipinski definition) is 2. The number of halogens is 1. The molecule has 1 amide bonds. The second-order valence-corrected chi connectivity index (χ2v) is 5.33. The minimum atomic E-state index is -0.437. The Morgan fingerprint density at radius 2 is 2.06 bits per heavy atom. The number of benzene rings is 1. The van der Waals surface area contributed by atoms with Gasteiger partial charge in [0.25, 0.3) is 0 Å². The summed E-state index contributed by atoms with van der Waals surface area (Å²) in [7, 11) is 0. The predicted octanol–water partition coefficient (Wildman–Crippen LogP) is 2.81. The molecule has 92 valence electrons. The van der Waals surface area contributed by atoms with E-state index in [0.29, 0.717) is 17.1 Å². The van der Waals surface area contributed by atoms with E-state index in [9.17, 15) is 9.59 Å². The molecule has 0 saturated carbocycles. The Kier molecular flexibility index (Phi) is 4.29. The van der Waals surface area contributed by atoms with Crippen LogP contribution in [0.1, 0.15) is 36.7 Å². The van der Waals surface area contributed by atoms with Gasteiger partial charge in [-0.05, 0) is 17.7 Å². The second-order valence-electron chi connectivity index (χ2n) is 4.89. The van der Waals surface area contributed by atoms with Crippen LogP contribution >= 0.6 is 11.6 Å². The lowest BCUT2D eigenvalue weighted by Gasteiger charge is -2.18. The van der Waals surface area contributed by atoms with E-state index in [-0.39, 0.29) is 5.91 Å². The van der Waals surface area contributed by atoms with E-state index in [2.05, 4.69) is 5.32 Å². The highest BCUT2D eigenvalue weighted by atomic mass is 35.5. The van der Waals surface area contributed by atoms with E-state index in [1.165, 1.54) is 0 Å². The molecule has 1 aromatic carbocycles. The Morgan fingerprint density at radius 3 is 2.59 bits per heavy atom. The Labute approximate surface area is 106 Å². The first-order chi connectivity index (χ1) is 7.84. The Hall–Kier alpha value is -1.35. The zero-order chi connectivity index (χ0) is 13.1. The van der Waals surface area contributed by atoms with Crippen LogP contribution in [-0.4, -0.2) is 12.2 Å². The fourth-order valence-electron chi connectivity index (χ4n) is 1.28. The SMILES string of the molecule is CC(C)(C)C(=O)NCc1ccc(Cl)cc1C=O. The van der Waals surface area contributed by atoms with Crippen molar-refractivity contribution in [3.63, 3.8) is 0 Å². The molecule has 4 heteroatoms. The summed E-state index contributed by atoms with van der Waals surface area (Å²) in [5.41, 5.74) is 0.835. The molecule has 0 aliphatic carbocycles. The van der Waals surface area contributed by atoms with Crippen molar-refractivity contribution in [2.45, 2.75) is 27.3 Å². The molecule has 17 heavy (non-hydrogen) atoms. The molecular weight excluding hydrogens is 238 g/mol. The maximum Gasteiger partial charge on any atom is 0.225 e. The van der Waals surface area contributed by atoms with Gasteiger partial charge in [0, 0.05) is 22.5 Å². The number of amides is 1. The molecule has 0 fully saturated rings. The minimum absolute atomic E-state index is 0.0516. The van der Waals surface area contributed by atoms with Crippen LogP contribution in [0, 0.1) is 5.41 Å². The van der Waals surface area contributed by atoms with Gasteiger partial charge in [-0.3, -0.25) is 9.59 Å². The molecule has 0 heterocycles. The quantitative estimate of drug-likeness (QED) is 0.842. The van der Waals surface area contributed by atoms with Crippen molar-refractivity contribution in [1.82, 2.24) is 5.32 Å². The highest BCUT2D eigenvalue weighted by Gasteiger charge is 2.20. The van der Waals surface area contributed by atoms with Crippen LogP contribution in [0.3, 0.4) is 0 Å². The molecule has 3 nitrogen and oxygen atoms in total. The third-order valence-corrected chi connectivity index (χ3v) is 2.59. The van der Waals surface area contributed by atoms with Gasteiger partial charge in [0.1, 0.15) is 6.29 Å². The van der Waals surface area contributed by atoms with Gasteiger partial charge in [0.15, 0.2) is 0 Å². The highest BCUT2D eigenvalue weighted by molar-refractivity contribution is 6.30. The molecule has 0 bridgehead atoms. The first kappa shape index (κ1) is 13.7. The van der Waals surface area contributed by atoms with Crippen LogP contribution in [0.5, 0.6) is 0 Å². The lowest BCUT2D eigenvalue weighted by molar-refractivity contribution is -0.128. The highest BCUT2D eigenvalue weighted by Crippen LogP contribution is 2.16. The number of hydrogen-bond donors (Lipinski definition) is 1. The molecule has 0 radical (unpaired) electrons. The Balaban J connectivity index is 2.76. The lowest BCUT2D eigenvalue weighted by atomic mass is 9.95. The molecule has 0 aliphatic heterocycles. The summed E-state index contributed by atoms with van der Waals surface area (Å²) in [5, 5.41) is 3.30. The van der Waals surface area contributed by atoms with Crippen molar-refractivity contribution in [2.24, 2.45) is 5.41 Å². The summed E-state index contributed by atoms with van der Waals surface area (Å²) in [6.45, 7) is 5.85. The molecule has 0 aliphatic rings. The maximum atomic E-state index is 11.7. The molecule has 1 N–H and O–H groups in total. The van der Waals surface area contributed by atoms with Gasteiger partial charge in [0.2, 0.25) is 5.91 Å². The molecule has 0 aromatic heterocycles. The Bertz CT molecular complexity index is 436. The Morgan fingerprint density at radius 1 is 1.41 bits per heavy atom. The summed E-state index contributed by atoms with van der Waals surface area (Å²) in [6, 6.07) is 5.04. The molecule has 0 unspecified atom stereocenters. The third kappa shape index (κ3) is 3.86. The number of carbonyl (C=O) groups is 2. The van der Waals surface area contributed by atoms with E-state index in [1.807, 2.05) is 20.8 Å². The zero-order valence-corrected chi connectivity index (χ0v) is 11.0. The number of aldehydes is 1. The summed E-state index contributed by atoms with van der Waals surface area (Å²) in [4.78, 5) is 22.5. The molecular formula is C13H16ClNO2. The fraction of sp³-hybridized carbons (Fsp3) is 0.385. The van der Waals surface area contributed by atoms with E-state index in [4.69, 9.17) is 11.6 Å². The van der Waals surface area contributed by atoms with E-state index < -0.39 is 5.41 Å². The summed E-state index contributed by atoms with van der Waals surface area (Å²) in [6.07, 6.45) is 0.741. The molecule has 0 atom stereocenters. The van der Waals surface area contributed by atoms with Crippen molar-refractivity contribution in [3.8, 4) is 0 Å².